The largest absolute Gasteiger partial charge is 0.443 e. The minimum Gasteiger partial charge on any atom is -0.443 e. The molecule has 0 fully saturated rings. The van der Waals surface area contributed by atoms with Crippen molar-refractivity contribution in [2.24, 2.45) is 0 Å². The second-order valence-electron chi connectivity index (χ2n) is 8.20. The highest BCUT2D eigenvalue weighted by Crippen LogP contribution is 2.40. The highest BCUT2D eigenvalue weighted by molar-refractivity contribution is 5.88. The van der Waals surface area contributed by atoms with Gasteiger partial charge in [-0.3, -0.25) is 4.68 Å². The van der Waals surface area contributed by atoms with Crippen molar-refractivity contribution in [1.82, 2.24) is 19.7 Å². The summed E-state index contributed by atoms with van der Waals surface area (Å²) >= 11 is 0. The summed E-state index contributed by atoms with van der Waals surface area (Å²) in [5, 5.41) is 7.09. The number of halogens is 3. The second-order valence-corrected chi connectivity index (χ2v) is 8.20. The minimum atomic E-state index is -4.77. The van der Waals surface area contributed by atoms with Gasteiger partial charge in [-0.25, -0.2) is 19.7 Å². The molecule has 0 saturated carbocycles. The number of carbonyl (C=O) groups is 1. The summed E-state index contributed by atoms with van der Waals surface area (Å²) in [6, 6.07) is 7.83. The number of ether oxygens (including phenoxy) is 1. The molecule has 8 nitrogen and oxygen atoms in total. The van der Waals surface area contributed by atoms with Gasteiger partial charge >= 0.3 is 12.3 Å². The number of alkyl halides is 3. The number of nitrogens with zero attached hydrogens (tertiary/aromatic N) is 5. The fourth-order valence-electron chi connectivity index (χ4n) is 3.06. The van der Waals surface area contributed by atoms with E-state index < -0.39 is 23.9 Å². The molecule has 0 bridgehead atoms. The third-order valence-electron chi connectivity index (χ3n) is 4.41. The van der Waals surface area contributed by atoms with Gasteiger partial charge in [0.1, 0.15) is 24.1 Å². The molecule has 3 rings (SSSR count). The molecule has 1 aromatic carbocycles. The van der Waals surface area contributed by atoms with Gasteiger partial charge in [0.15, 0.2) is 6.04 Å². The molecule has 0 aliphatic heterocycles. The van der Waals surface area contributed by atoms with Crippen molar-refractivity contribution < 1.29 is 22.7 Å². The third-order valence-corrected chi connectivity index (χ3v) is 4.41. The number of hydrogen-bond donors (Lipinski definition) is 1. The molecule has 1 amide bonds. The number of carbonyl (C=O) groups excluding carboxylic acids is 1. The summed E-state index contributed by atoms with van der Waals surface area (Å²) in [6.45, 7) is 5.79. The monoisotopic (exact) mass is 462 g/mol. The number of hydrogen-bond acceptors (Lipinski definition) is 6. The van der Waals surface area contributed by atoms with Crippen molar-refractivity contribution in [3.8, 4) is 0 Å². The lowest BCUT2D eigenvalue weighted by atomic mass is 10.0. The van der Waals surface area contributed by atoms with E-state index in [9.17, 15) is 18.0 Å². The number of amides is 1. The lowest BCUT2D eigenvalue weighted by molar-refractivity contribution is -0.150. The van der Waals surface area contributed by atoms with Crippen molar-refractivity contribution in [2.75, 3.05) is 16.8 Å². The summed E-state index contributed by atoms with van der Waals surface area (Å²) in [5.41, 5.74) is -0.524. The van der Waals surface area contributed by atoms with E-state index >= 15 is 0 Å². The summed E-state index contributed by atoms with van der Waals surface area (Å²) in [7, 11) is 0. The molecule has 1 unspecified atom stereocenters. The Morgan fingerprint density at radius 2 is 1.88 bits per heavy atom. The minimum absolute atomic E-state index is 0.104. The molecule has 0 spiro atoms. The molecular formula is C22H25F3N6O2. The van der Waals surface area contributed by atoms with Crippen molar-refractivity contribution in [2.45, 2.75) is 45.1 Å². The third kappa shape index (κ3) is 6.67. The van der Waals surface area contributed by atoms with Crippen LogP contribution in [0, 0.1) is 0 Å². The molecule has 0 saturated heterocycles. The molecule has 11 heteroatoms. The summed E-state index contributed by atoms with van der Waals surface area (Å²) in [6.07, 6.45) is -1.55. The maximum absolute atomic E-state index is 14.2. The second kappa shape index (κ2) is 9.88. The molecule has 2 heterocycles. The Morgan fingerprint density at radius 1 is 1.15 bits per heavy atom. The molecule has 176 valence electrons. The average molecular weight is 462 g/mol. The lowest BCUT2D eigenvalue weighted by Crippen LogP contribution is -2.45. The fourth-order valence-corrected chi connectivity index (χ4v) is 3.06. The molecule has 0 radical (unpaired) electrons. The van der Waals surface area contributed by atoms with Crippen molar-refractivity contribution >= 4 is 17.6 Å². The van der Waals surface area contributed by atoms with E-state index in [0.29, 0.717) is 23.7 Å². The van der Waals surface area contributed by atoms with Crippen LogP contribution in [0.2, 0.25) is 0 Å². The molecule has 1 atom stereocenters. The van der Waals surface area contributed by atoms with Crippen molar-refractivity contribution in [3.63, 3.8) is 0 Å². The van der Waals surface area contributed by atoms with E-state index in [-0.39, 0.29) is 11.4 Å². The number of pyridine rings is 1. The van der Waals surface area contributed by atoms with Gasteiger partial charge in [-0.1, -0.05) is 30.3 Å². The van der Waals surface area contributed by atoms with Crippen LogP contribution in [0.1, 0.15) is 32.4 Å². The van der Waals surface area contributed by atoms with Crippen LogP contribution >= 0.6 is 0 Å². The number of rotatable bonds is 7. The van der Waals surface area contributed by atoms with Crippen LogP contribution in [0.5, 0.6) is 0 Å². The van der Waals surface area contributed by atoms with Crippen LogP contribution < -0.4 is 10.2 Å². The topological polar surface area (TPSA) is 85.2 Å². The number of anilines is 2. The predicted molar refractivity (Wildman–Crippen MR) is 117 cm³/mol. The first kappa shape index (κ1) is 24.0. The van der Waals surface area contributed by atoms with Gasteiger partial charge in [-0.15, -0.1) is 0 Å². The standard InChI is InChI=1S/C22H25F3N6O2/c1-21(2,3)33-20(32)31(19(22(23,24)25)16-7-5-4-6-8-16)18-10-9-17(13-28-18)27-11-12-30-15-26-14-29-30/h4-10,13-15,19,27H,11-12H2,1-3H3. The Bertz CT molecular complexity index is 1020. The highest BCUT2D eigenvalue weighted by Gasteiger charge is 2.49. The highest BCUT2D eigenvalue weighted by atomic mass is 19.4. The Labute approximate surface area is 189 Å². The first-order chi connectivity index (χ1) is 15.5. The first-order valence-electron chi connectivity index (χ1n) is 10.2. The summed E-state index contributed by atoms with van der Waals surface area (Å²) in [4.78, 5) is 21.5. The zero-order valence-corrected chi connectivity index (χ0v) is 18.5. The Kier molecular flexibility index (Phi) is 7.19. The van der Waals surface area contributed by atoms with Crippen LogP contribution in [-0.2, 0) is 11.3 Å². The maximum Gasteiger partial charge on any atom is 0.416 e. The van der Waals surface area contributed by atoms with E-state index in [1.807, 2.05) is 0 Å². The normalized spacial score (nSPS) is 12.8. The lowest BCUT2D eigenvalue weighted by Gasteiger charge is -2.34. The quantitative estimate of drug-likeness (QED) is 0.541. The van der Waals surface area contributed by atoms with E-state index in [4.69, 9.17) is 4.74 Å². The van der Waals surface area contributed by atoms with Crippen LogP contribution in [0.25, 0.3) is 0 Å². The molecule has 33 heavy (non-hydrogen) atoms. The molecule has 2 aromatic heterocycles. The van der Waals surface area contributed by atoms with Crippen molar-refractivity contribution in [3.05, 3.63) is 66.9 Å². The smallest absolute Gasteiger partial charge is 0.416 e. The van der Waals surface area contributed by atoms with E-state index in [2.05, 4.69) is 20.4 Å². The first-order valence-corrected chi connectivity index (χ1v) is 10.2. The van der Waals surface area contributed by atoms with Crippen LogP contribution in [0.4, 0.5) is 29.5 Å². The predicted octanol–water partition coefficient (Wildman–Crippen LogP) is 4.83. The van der Waals surface area contributed by atoms with E-state index in [0.717, 1.165) is 0 Å². The SMILES string of the molecule is CC(C)(C)OC(=O)N(c1ccc(NCCn2cncn2)cn1)C(c1ccccc1)C(F)(F)F. The van der Waals surface area contributed by atoms with Gasteiger partial charge in [0, 0.05) is 6.54 Å². The Balaban J connectivity index is 1.89. The van der Waals surface area contributed by atoms with Crippen LogP contribution in [0.15, 0.2) is 61.3 Å². The van der Waals surface area contributed by atoms with Crippen LogP contribution in [0.3, 0.4) is 0 Å². The van der Waals surface area contributed by atoms with E-state index in [1.165, 1.54) is 42.9 Å². The maximum atomic E-state index is 14.2. The molecular weight excluding hydrogens is 437 g/mol. The summed E-state index contributed by atoms with van der Waals surface area (Å²) in [5.74, 6) is -0.183. The zero-order valence-electron chi connectivity index (χ0n) is 18.5. The Morgan fingerprint density at radius 3 is 2.42 bits per heavy atom. The van der Waals surface area contributed by atoms with Crippen LogP contribution in [-0.4, -0.2) is 44.2 Å². The van der Waals surface area contributed by atoms with E-state index in [1.54, 1.807) is 43.9 Å². The fraction of sp³-hybridized carbons (Fsp3) is 0.364. The number of nitrogens with one attached hydrogen (secondary N) is 1. The molecule has 0 aliphatic rings. The van der Waals surface area contributed by atoms with Gasteiger partial charge in [0.2, 0.25) is 0 Å². The van der Waals surface area contributed by atoms with Gasteiger partial charge in [-0.05, 0) is 38.5 Å². The molecule has 0 aliphatic carbocycles. The van der Waals surface area contributed by atoms with Gasteiger partial charge in [0.05, 0.1) is 18.4 Å². The Hall–Kier alpha value is -3.63. The number of aromatic nitrogens is 4. The zero-order chi connectivity index (χ0) is 24.1. The molecule has 3 aromatic rings. The average Bonchev–Trinajstić information content (AvgIpc) is 3.24. The molecule has 1 N–H and O–H groups in total. The van der Waals surface area contributed by atoms with Gasteiger partial charge in [-0.2, -0.15) is 18.3 Å². The van der Waals surface area contributed by atoms with Gasteiger partial charge < -0.3 is 10.1 Å². The van der Waals surface area contributed by atoms with Gasteiger partial charge in [0.25, 0.3) is 0 Å². The summed E-state index contributed by atoms with van der Waals surface area (Å²) < 4.78 is 49.6. The number of benzene rings is 1. The van der Waals surface area contributed by atoms with Crippen molar-refractivity contribution in [1.29, 1.82) is 0 Å².